The first-order chi connectivity index (χ1) is 7.72. The minimum absolute atomic E-state index is 0.0615. The number of thioether (sulfide) groups is 1. The molecule has 0 fully saturated rings. The van der Waals surface area contributed by atoms with Crippen molar-refractivity contribution in [3.63, 3.8) is 0 Å². The van der Waals surface area contributed by atoms with Gasteiger partial charge in [-0.25, -0.2) is 4.98 Å². The number of nitrogens with zero attached hydrogens (tertiary/aromatic N) is 3. The van der Waals surface area contributed by atoms with Gasteiger partial charge in [0.1, 0.15) is 5.82 Å². The van der Waals surface area contributed by atoms with Crippen molar-refractivity contribution in [2.24, 2.45) is 0 Å². The summed E-state index contributed by atoms with van der Waals surface area (Å²) in [5, 5.41) is 9.02. The molecule has 1 unspecified atom stereocenters. The fourth-order valence-corrected chi connectivity index (χ4v) is 2.37. The molecule has 1 aromatic rings. The number of aliphatic hydroxyl groups excluding tert-OH is 1. The fourth-order valence-electron chi connectivity index (χ4n) is 1.52. The molecule has 0 aromatic carbocycles. The van der Waals surface area contributed by atoms with Crippen LogP contribution in [0.5, 0.6) is 0 Å². The van der Waals surface area contributed by atoms with E-state index in [0.717, 1.165) is 18.0 Å². The Morgan fingerprint density at radius 2 is 2.25 bits per heavy atom. The number of anilines is 1. The van der Waals surface area contributed by atoms with Gasteiger partial charge in [0.05, 0.1) is 24.7 Å². The minimum Gasteiger partial charge on any atom is -0.390 e. The molecule has 0 bridgehead atoms. The van der Waals surface area contributed by atoms with Crippen LogP contribution in [0.1, 0.15) is 19.0 Å². The molecule has 1 aromatic heterocycles. The van der Waals surface area contributed by atoms with Crippen LogP contribution in [0.2, 0.25) is 0 Å². The first kappa shape index (κ1) is 13.3. The maximum atomic E-state index is 9.02. The summed E-state index contributed by atoms with van der Waals surface area (Å²) in [6.45, 7) is 2.11. The van der Waals surface area contributed by atoms with Gasteiger partial charge in [-0.2, -0.15) is 11.8 Å². The Hall–Kier alpha value is -0.810. The Bertz CT molecular complexity index is 322. The van der Waals surface area contributed by atoms with Crippen LogP contribution in [0, 0.1) is 0 Å². The Balaban J connectivity index is 2.80. The second kappa shape index (κ2) is 6.70. The molecular weight excluding hydrogens is 222 g/mol. The molecule has 1 heterocycles. The summed E-state index contributed by atoms with van der Waals surface area (Å²) < 4.78 is 0. The molecule has 0 radical (unpaired) electrons. The lowest BCUT2D eigenvalue weighted by molar-refractivity contribution is 0.276. The molecule has 1 rings (SSSR count). The molecule has 5 heteroatoms. The van der Waals surface area contributed by atoms with Crippen LogP contribution in [-0.2, 0) is 6.61 Å². The van der Waals surface area contributed by atoms with Crippen LogP contribution in [-0.4, -0.2) is 40.2 Å². The van der Waals surface area contributed by atoms with Crippen molar-refractivity contribution in [2.75, 3.05) is 24.0 Å². The van der Waals surface area contributed by atoms with E-state index in [-0.39, 0.29) is 6.61 Å². The van der Waals surface area contributed by atoms with Gasteiger partial charge >= 0.3 is 0 Å². The van der Waals surface area contributed by atoms with E-state index in [1.165, 1.54) is 0 Å². The number of hydrogen-bond donors (Lipinski definition) is 1. The van der Waals surface area contributed by atoms with Crippen molar-refractivity contribution in [1.29, 1.82) is 0 Å². The lowest BCUT2D eigenvalue weighted by atomic mass is 10.2. The van der Waals surface area contributed by atoms with E-state index >= 15 is 0 Å². The van der Waals surface area contributed by atoms with Crippen LogP contribution < -0.4 is 4.90 Å². The van der Waals surface area contributed by atoms with Crippen molar-refractivity contribution >= 4 is 17.6 Å². The summed E-state index contributed by atoms with van der Waals surface area (Å²) >= 11 is 1.83. The highest BCUT2D eigenvalue weighted by atomic mass is 32.2. The van der Waals surface area contributed by atoms with E-state index in [9.17, 15) is 0 Å². The second-order valence-corrected chi connectivity index (χ2v) is 4.57. The van der Waals surface area contributed by atoms with Gasteiger partial charge in [-0.05, 0) is 12.7 Å². The number of rotatable bonds is 6. The van der Waals surface area contributed by atoms with Crippen molar-refractivity contribution in [2.45, 2.75) is 26.0 Å². The van der Waals surface area contributed by atoms with Gasteiger partial charge in [0.2, 0.25) is 0 Å². The largest absolute Gasteiger partial charge is 0.390 e. The standard InChI is InChI=1S/C11H19N3OS/c1-4-10(8-16-3)14(2)11-6-12-5-9(7-15)13-11/h5-6,10,15H,4,7-8H2,1-3H3. The van der Waals surface area contributed by atoms with E-state index in [0.29, 0.717) is 11.7 Å². The van der Waals surface area contributed by atoms with Crippen molar-refractivity contribution in [1.82, 2.24) is 9.97 Å². The second-order valence-electron chi connectivity index (χ2n) is 3.66. The highest BCUT2D eigenvalue weighted by molar-refractivity contribution is 7.98. The quantitative estimate of drug-likeness (QED) is 0.819. The topological polar surface area (TPSA) is 49.2 Å². The van der Waals surface area contributed by atoms with Gasteiger partial charge in [0.15, 0.2) is 0 Å². The summed E-state index contributed by atoms with van der Waals surface area (Å²) in [6.07, 6.45) is 6.50. The van der Waals surface area contributed by atoms with Gasteiger partial charge in [-0.15, -0.1) is 0 Å². The Kier molecular flexibility index (Phi) is 5.55. The molecule has 1 N–H and O–H groups in total. The van der Waals surface area contributed by atoms with E-state index < -0.39 is 0 Å². The third kappa shape index (κ3) is 3.35. The zero-order valence-corrected chi connectivity index (χ0v) is 10.9. The molecule has 0 saturated carbocycles. The van der Waals surface area contributed by atoms with Crippen molar-refractivity contribution < 1.29 is 5.11 Å². The molecule has 0 aliphatic carbocycles. The molecule has 0 aliphatic heterocycles. The Morgan fingerprint density at radius 1 is 1.50 bits per heavy atom. The van der Waals surface area contributed by atoms with Crippen molar-refractivity contribution in [3.8, 4) is 0 Å². The Labute approximate surface area is 101 Å². The van der Waals surface area contributed by atoms with Gasteiger partial charge in [0.25, 0.3) is 0 Å². The van der Waals surface area contributed by atoms with E-state index in [1.807, 2.05) is 18.8 Å². The molecule has 1 atom stereocenters. The average Bonchev–Trinajstić information content (AvgIpc) is 2.35. The summed E-state index contributed by atoms with van der Waals surface area (Å²) in [6, 6.07) is 0.457. The van der Waals surface area contributed by atoms with Crippen LogP contribution in [0.15, 0.2) is 12.4 Å². The Morgan fingerprint density at radius 3 is 2.81 bits per heavy atom. The number of aliphatic hydroxyl groups is 1. The zero-order valence-electron chi connectivity index (χ0n) is 10.1. The van der Waals surface area contributed by atoms with Crippen molar-refractivity contribution in [3.05, 3.63) is 18.1 Å². The van der Waals surface area contributed by atoms with Gasteiger partial charge in [-0.3, -0.25) is 4.98 Å². The monoisotopic (exact) mass is 241 g/mol. The molecule has 4 nitrogen and oxygen atoms in total. The van der Waals surface area contributed by atoms with Gasteiger partial charge in [-0.1, -0.05) is 6.92 Å². The zero-order chi connectivity index (χ0) is 12.0. The molecule has 0 amide bonds. The minimum atomic E-state index is -0.0615. The lowest BCUT2D eigenvalue weighted by Crippen LogP contribution is -2.34. The fraction of sp³-hybridized carbons (Fsp3) is 0.636. The number of hydrogen-bond acceptors (Lipinski definition) is 5. The summed E-state index contributed by atoms with van der Waals surface area (Å²) in [5.41, 5.74) is 0.614. The molecule has 16 heavy (non-hydrogen) atoms. The van der Waals surface area contributed by atoms with E-state index in [1.54, 1.807) is 12.4 Å². The molecule has 0 saturated heterocycles. The normalized spacial score (nSPS) is 12.5. The molecular formula is C11H19N3OS. The van der Waals surface area contributed by atoms with Crippen LogP contribution >= 0.6 is 11.8 Å². The molecule has 0 spiro atoms. The van der Waals surface area contributed by atoms with Crippen LogP contribution in [0.4, 0.5) is 5.82 Å². The first-order valence-corrected chi connectivity index (χ1v) is 6.75. The van der Waals surface area contributed by atoms with Gasteiger partial charge in [0, 0.05) is 18.8 Å². The summed E-state index contributed by atoms with van der Waals surface area (Å²) in [5.74, 6) is 1.89. The van der Waals surface area contributed by atoms with Crippen LogP contribution in [0.25, 0.3) is 0 Å². The predicted molar refractivity (Wildman–Crippen MR) is 68.8 cm³/mol. The SMILES string of the molecule is CCC(CSC)N(C)c1cncc(CO)n1. The van der Waals surface area contributed by atoms with E-state index in [2.05, 4.69) is 28.0 Å². The van der Waals surface area contributed by atoms with Gasteiger partial charge < -0.3 is 10.0 Å². The molecule has 90 valence electrons. The number of aromatic nitrogens is 2. The van der Waals surface area contributed by atoms with Crippen LogP contribution in [0.3, 0.4) is 0 Å². The maximum Gasteiger partial charge on any atom is 0.147 e. The highest BCUT2D eigenvalue weighted by Gasteiger charge is 2.14. The first-order valence-electron chi connectivity index (χ1n) is 5.36. The third-order valence-corrected chi connectivity index (χ3v) is 3.29. The highest BCUT2D eigenvalue weighted by Crippen LogP contribution is 2.15. The predicted octanol–water partition coefficient (Wildman–Crippen LogP) is 1.55. The maximum absolute atomic E-state index is 9.02. The molecule has 0 aliphatic rings. The third-order valence-electron chi connectivity index (χ3n) is 2.57. The average molecular weight is 241 g/mol. The summed E-state index contributed by atoms with van der Waals surface area (Å²) in [4.78, 5) is 10.6. The smallest absolute Gasteiger partial charge is 0.147 e. The summed E-state index contributed by atoms with van der Waals surface area (Å²) in [7, 11) is 2.02. The lowest BCUT2D eigenvalue weighted by Gasteiger charge is -2.27. The van der Waals surface area contributed by atoms with E-state index in [4.69, 9.17) is 5.11 Å².